The van der Waals surface area contributed by atoms with Gasteiger partial charge in [-0.05, 0) is 54.3 Å². The average Bonchev–Trinajstić information content (AvgIpc) is 2.88. The summed E-state index contributed by atoms with van der Waals surface area (Å²) < 4.78 is 70.2. The van der Waals surface area contributed by atoms with Gasteiger partial charge in [0.1, 0.15) is 6.29 Å². The van der Waals surface area contributed by atoms with Crippen LogP contribution in [0.5, 0.6) is 0 Å². The van der Waals surface area contributed by atoms with Gasteiger partial charge >= 0.3 is 6.18 Å². The molecular weight excluding hydrogens is 489 g/mol. The maximum absolute atomic E-state index is 15.4. The van der Waals surface area contributed by atoms with E-state index in [1.54, 1.807) is 6.08 Å². The molecule has 2 aliphatic carbocycles. The lowest BCUT2D eigenvalue weighted by Gasteiger charge is -2.45. The summed E-state index contributed by atoms with van der Waals surface area (Å²) >= 11 is 0. The van der Waals surface area contributed by atoms with Crippen LogP contribution in [0.1, 0.15) is 54.2 Å². The summed E-state index contributed by atoms with van der Waals surface area (Å²) in [6.45, 7) is 1.51. The number of hydrogen-bond acceptors (Lipinski definition) is 3. The van der Waals surface area contributed by atoms with Crippen molar-refractivity contribution in [3.05, 3.63) is 88.7 Å². The summed E-state index contributed by atoms with van der Waals surface area (Å²) in [5, 5.41) is 9.99. The highest BCUT2D eigenvalue weighted by Crippen LogP contribution is 2.57. The molecule has 3 atom stereocenters. The third kappa shape index (κ3) is 5.03. The van der Waals surface area contributed by atoms with Crippen LogP contribution >= 0.6 is 0 Å². The Morgan fingerprint density at radius 2 is 1.54 bits per heavy atom. The van der Waals surface area contributed by atoms with Gasteiger partial charge in [0.25, 0.3) is 5.92 Å². The van der Waals surface area contributed by atoms with Crippen LogP contribution in [0.4, 0.5) is 27.6 Å². The zero-order valence-corrected chi connectivity index (χ0v) is 20.1. The molecule has 2 aromatic rings. The first-order chi connectivity index (χ1) is 17.6. The fourth-order valence-corrected chi connectivity index (χ4v) is 6.04. The minimum Gasteiger partial charge on any atom is -0.512 e. The van der Waals surface area contributed by atoms with Gasteiger partial charge in [0.05, 0.1) is 17.2 Å². The topological polar surface area (TPSA) is 40.5 Å². The van der Waals surface area contributed by atoms with Crippen molar-refractivity contribution in [2.75, 3.05) is 18.0 Å². The van der Waals surface area contributed by atoms with E-state index in [-0.39, 0.29) is 18.1 Å². The van der Waals surface area contributed by atoms with Crippen molar-refractivity contribution in [2.24, 2.45) is 11.8 Å². The molecule has 37 heavy (non-hydrogen) atoms. The number of nitrogens with zero attached hydrogens (tertiary/aromatic N) is 1. The Morgan fingerprint density at radius 1 is 0.919 bits per heavy atom. The minimum atomic E-state index is -4.51. The number of fused-ring (bicyclic) bond motifs is 1. The van der Waals surface area contributed by atoms with Crippen LogP contribution in [-0.4, -0.2) is 30.4 Å². The number of aldehydes is 1. The Kier molecular flexibility index (Phi) is 6.62. The molecule has 2 fully saturated rings. The quantitative estimate of drug-likeness (QED) is 0.339. The van der Waals surface area contributed by atoms with Crippen molar-refractivity contribution in [1.82, 2.24) is 0 Å². The molecule has 0 bridgehead atoms. The number of benzene rings is 2. The second-order valence-electron chi connectivity index (χ2n) is 10.3. The number of alkyl halides is 5. The Labute approximate surface area is 212 Å². The highest BCUT2D eigenvalue weighted by atomic mass is 19.4. The number of aliphatic hydroxyl groups excluding tert-OH is 1. The van der Waals surface area contributed by atoms with Crippen molar-refractivity contribution in [3.63, 3.8) is 0 Å². The Morgan fingerprint density at radius 3 is 2.14 bits per heavy atom. The van der Waals surface area contributed by atoms with Crippen LogP contribution in [0.15, 0.2) is 72.0 Å². The third-order valence-corrected chi connectivity index (χ3v) is 8.06. The first kappa shape index (κ1) is 25.5. The van der Waals surface area contributed by atoms with E-state index in [9.17, 15) is 23.1 Å². The monoisotopic (exact) mass is 517 g/mol. The highest BCUT2D eigenvalue weighted by molar-refractivity contribution is 5.56. The maximum atomic E-state index is 15.4. The molecular formula is C29H28F5NO2. The first-order valence-electron chi connectivity index (χ1n) is 12.5. The number of carbonyl (C=O) groups excluding carboxylic acids is 1. The van der Waals surface area contributed by atoms with Gasteiger partial charge in [-0.15, -0.1) is 0 Å². The van der Waals surface area contributed by atoms with E-state index in [1.807, 2.05) is 24.3 Å². The largest absolute Gasteiger partial charge is 0.512 e. The number of hydrogen-bond donors (Lipinski definition) is 1. The number of aliphatic hydroxyl groups is 1. The molecule has 3 nitrogen and oxygen atoms in total. The van der Waals surface area contributed by atoms with Crippen molar-refractivity contribution in [1.29, 1.82) is 0 Å². The summed E-state index contributed by atoms with van der Waals surface area (Å²) in [6, 6.07) is 12.2. The zero-order valence-electron chi connectivity index (χ0n) is 20.1. The second-order valence-corrected chi connectivity index (χ2v) is 10.3. The fourth-order valence-electron chi connectivity index (χ4n) is 6.04. The van der Waals surface area contributed by atoms with Crippen molar-refractivity contribution in [2.45, 2.75) is 49.6 Å². The SMILES string of the molecule is O=CC1CCN(c2ccc([C@@H]3C4=CC=C(O)CC4C(F)(F)C[C@@H]3c3ccc(C(F)(F)F)cc3)cc2)CC1. The molecule has 3 aliphatic rings. The Bertz CT molecular complexity index is 1190. The lowest BCUT2D eigenvalue weighted by Crippen LogP contribution is -2.41. The van der Waals surface area contributed by atoms with E-state index in [1.165, 1.54) is 18.2 Å². The lowest BCUT2D eigenvalue weighted by molar-refractivity contribution is -0.137. The smallest absolute Gasteiger partial charge is 0.416 e. The molecule has 0 aromatic heterocycles. The van der Waals surface area contributed by atoms with Crippen molar-refractivity contribution in [3.8, 4) is 0 Å². The number of piperidine rings is 1. The molecule has 1 heterocycles. The molecule has 196 valence electrons. The molecule has 0 amide bonds. The summed E-state index contributed by atoms with van der Waals surface area (Å²) in [5.41, 5.74) is 1.87. The van der Waals surface area contributed by atoms with Crippen LogP contribution in [0.3, 0.4) is 0 Å². The number of carbonyl (C=O) groups is 1. The van der Waals surface area contributed by atoms with Gasteiger partial charge in [0.2, 0.25) is 0 Å². The predicted octanol–water partition coefficient (Wildman–Crippen LogP) is 7.42. The van der Waals surface area contributed by atoms with Crippen LogP contribution < -0.4 is 4.90 Å². The van der Waals surface area contributed by atoms with Crippen LogP contribution in [0.2, 0.25) is 0 Å². The third-order valence-electron chi connectivity index (χ3n) is 8.06. The lowest BCUT2D eigenvalue weighted by atomic mass is 9.62. The number of anilines is 1. The molecule has 0 radical (unpaired) electrons. The number of halogens is 5. The van der Waals surface area contributed by atoms with E-state index in [0.717, 1.165) is 55.6 Å². The zero-order chi connectivity index (χ0) is 26.4. The molecule has 8 heteroatoms. The van der Waals surface area contributed by atoms with Crippen LogP contribution in [-0.2, 0) is 11.0 Å². The van der Waals surface area contributed by atoms with E-state index < -0.39 is 41.8 Å². The van der Waals surface area contributed by atoms with E-state index in [2.05, 4.69) is 4.90 Å². The van der Waals surface area contributed by atoms with Crippen molar-refractivity contribution < 1.29 is 31.9 Å². The van der Waals surface area contributed by atoms with Crippen LogP contribution in [0.25, 0.3) is 0 Å². The summed E-state index contributed by atoms with van der Waals surface area (Å²) in [5.74, 6) is -5.53. The number of rotatable bonds is 4. The average molecular weight is 518 g/mol. The molecule has 1 N–H and O–H groups in total. The van der Waals surface area contributed by atoms with E-state index in [0.29, 0.717) is 11.1 Å². The maximum Gasteiger partial charge on any atom is 0.416 e. The molecule has 1 saturated carbocycles. The molecule has 5 rings (SSSR count). The Balaban J connectivity index is 1.51. The van der Waals surface area contributed by atoms with Gasteiger partial charge in [0.15, 0.2) is 0 Å². The molecule has 1 unspecified atom stereocenters. The van der Waals surface area contributed by atoms with Gasteiger partial charge in [-0.3, -0.25) is 0 Å². The highest BCUT2D eigenvalue weighted by Gasteiger charge is 2.53. The summed E-state index contributed by atoms with van der Waals surface area (Å²) in [7, 11) is 0. The summed E-state index contributed by atoms with van der Waals surface area (Å²) in [4.78, 5) is 13.3. The van der Waals surface area contributed by atoms with Gasteiger partial charge in [-0.2, -0.15) is 13.2 Å². The van der Waals surface area contributed by atoms with Gasteiger partial charge in [0, 0.05) is 49.4 Å². The predicted molar refractivity (Wildman–Crippen MR) is 131 cm³/mol. The van der Waals surface area contributed by atoms with Gasteiger partial charge in [-0.1, -0.05) is 35.9 Å². The fraction of sp³-hybridized carbons (Fsp3) is 0.414. The molecule has 2 aromatic carbocycles. The standard InChI is InChI=1S/C29H28F5NO2/c30-28(31)16-25(19-1-5-21(6-2-19)29(32,33)34)27(24-10-9-23(37)15-26(24)28)20-3-7-22(8-4-20)35-13-11-18(17-36)12-14-35/h1-10,17-18,25-27,37H,11-16H2/t25-,26?,27-/m1/s1. The Hall–Kier alpha value is -3.16. The normalized spacial score (nSPS) is 26.2. The summed E-state index contributed by atoms with van der Waals surface area (Å²) in [6.07, 6.45) is 0.349. The van der Waals surface area contributed by atoms with Crippen LogP contribution in [0, 0.1) is 11.8 Å². The number of allylic oxidation sites excluding steroid dienone is 4. The van der Waals surface area contributed by atoms with Gasteiger partial charge in [-0.25, -0.2) is 8.78 Å². The van der Waals surface area contributed by atoms with E-state index >= 15 is 8.78 Å². The molecule has 1 aliphatic heterocycles. The van der Waals surface area contributed by atoms with Crippen molar-refractivity contribution >= 4 is 12.0 Å². The second kappa shape index (κ2) is 9.62. The first-order valence-corrected chi connectivity index (χ1v) is 12.5. The van der Waals surface area contributed by atoms with E-state index in [4.69, 9.17) is 0 Å². The molecule has 1 saturated heterocycles. The minimum absolute atomic E-state index is 0.0727. The molecule has 0 spiro atoms. The van der Waals surface area contributed by atoms with Gasteiger partial charge < -0.3 is 14.8 Å².